The van der Waals surface area contributed by atoms with E-state index in [0.29, 0.717) is 5.92 Å². The van der Waals surface area contributed by atoms with E-state index in [1.807, 2.05) is 6.07 Å². The van der Waals surface area contributed by atoms with Crippen molar-refractivity contribution in [2.24, 2.45) is 0 Å². The summed E-state index contributed by atoms with van der Waals surface area (Å²) in [7, 11) is 0. The van der Waals surface area contributed by atoms with Gasteiger partial charge in [0.1, 0.15) is 5.76 Å². The predicted octanol–water partition coefficient (Wildman–Crippen LogP) is 5.72. The number of benzene rings is 1. The van der Waals surface area contributed by atoms with E-state index in [1.165, 1.54) is 92.7 Å². The van der Waals surface area contributed by atoms with Gasteiger partial charge in [0.25, 0.3) is 0 Å². The minimum Gasteiger partial charge on any atom is -0.361 e. The van der Waals surface area contributed by atoms with Crippen LogP contribution < -0.4 is 0 Å². The van der Waals surface area contributed by atoms with Gasteiger partial charge in [-0.05, 0) is 101 Å². The zero-order valence-electron chi connectivity index (χ0n) is 16.5. The Balaban J connectivity index is 1.25. The first-order chi connectivity index (χ1) is 13.2. The van der Waals surface area contributed by atoms with Crippen LogP contribution in [0.25, 0.3) is 0 Å². The van der Waals surface area contributed by atoms with Crippen molar-refractivity contribution in [3.63, 3.8) is 0 Å². The number of piperidine rings is 1. The van der Waals surface area contributed by atoms with Gasteiger partial charge in [-0.3, -0.25) is 0 Å². The molecule has 1 saturated heterocycles. The summed E-state index contributed by atoms with van der Waals surface area (Å²) < 4.78 is 5.68. The largest absolute Gasteiger partial charge is 0.361 e. The zero-order chi connectivity index (χ0) is 18.6. The quantitative estimate of drug-likeness (QED) is 0.615. The van der Waals surface area contributed by atoms with Crippen molar-refractivity contribution in [3.8, 4) is 0 Å². The molecule has 146 valence electrons. The van der Waals surface area contributed by atoms with Gasteiger partial charge in [0.05, 0.1) is 5.69 Å². The standard InChI is InChI=1S/C23H31ClN2O/c1-17-16-19(24)9-10-20(17)18-11-14-26(15-12-18)13-5-8-23-21-6-3-2-4-7-22(21)25-27-23/h9-10,16,18H,2-8,11-15H2,1H3. The van der Waals surface area contributed by atoms with Gasteiger partial charge in [-0.15, -0.1) is 0 Å². The van der Waals surface area contributed by atoms with Crippen molar-refractivity contribution in [2.45, 2.75) is 70.6 Å². The number of nitrogens with zero attached hydrogens (tertiary/aromatic N) is 2. The van der Waals surface area contributed by atoms with Gasteiger partial charge in [-0.25, -0.2) is 0 Å². The Labute approximate surface area is 168 Å². The Morgan fingerprint density at radius 1 is 1.15 bits per heavy atom. The number of rotatable bonds is 5. The van der Waals surface area contributed by atoms with Gasteiger partial charge < -0.3 is 9.42 Å². The molecule has 1 aliphatic heterocycles. The van der Waals surface area contributed by atoms with Gasteiger partial charge in [-0.2, -0.15) is 0 Å². The highest BCUT2D eigenvalue weighted by atomic mass is 35.5. The van der Waals surface area contributed by atoms with Gasteiger partial charge in [0.2, 0.25) is 0 Å². The molecule has 0 spiro atoms. The molecular formula is C23H31ClN2O. The highest BCUT2D eigenvalue weighted by Crippen LogP contribution is 2.31. The number of aromatic nitrogens is 1. The molecule has 2 heterocycles. The van der Waals surface area contributed by atoms with E-state index in [2.05, 4.69) is 29.1 Å². The number of hydrogen-bond acceptors (Lipinski definition) is 3. The third kappa shape index (κ3) is 4.57. The molecule has 4 rings (SSSR count). The molecule has 4 heteroatoms. The summed E-state index contributed by atoms with van der Waals surface area (Å²) in [5, 5.41) is 5.19. The average molecular weight is 387 g/mol. The highest BCUT2D eigenvalue weighted by Gasteiger charge is 2.22. The maximum atomic E-state index is 6.11. The van der Waals surface area contributed by atoms with Crippen molar-refractivity contribution in [1.29, 1.82) is 0 Å². The van der Waals surface area contributed by atoms with Gasteiger partial charge in [0, 0.05) is 17.0 Å². The minimum atomic E-state index is 0.684. The fourth-order valence-corrected chi connectivity index (χ4v) is 5.08. The van der Waals surface area contributed by atoms with Crippen LogP contribution in [0.15, 0.2) is 22.7 Å². The van der Waals surface area contributed by atoms with Crippen molar-refractivity contribution < 1.29 is 4.52 Å². The molecule has 27 heavy (non-hydrogen) atoms. The van der Waals surface area contributed by atoms with Crippen molar-refractivity contribution in [3.05, 3.63) is 51.4 Å². The molecule has 3 nitrogen and oxygen atoms in total. The zero-order valence-corrected chi connectivity index (χ0v) is 17.2. The van der Waals surface area contributed by atoms with E-state index in [4.69, 9.17) is 16.1 Å². The first-order valence-electron chi connectivity index (χ1n) is 10.7. The van der Waals surface area contributed by atoms with Crippen LogP contribution in [-0.2, 0) is 19.3 Å². The van der Waals surface area contributed by atoms with Gasteiger partial charge in [0.15, 0.2) is 0 Å². The van der Waals surface area contributed by atoms with Crippen LogP contribution in [-0.4, -0.2) is 29.7 Å². The van der Waals surface area contributed by atoms with Crippen LogP contribution in [0.4, 0.5) is 0 Å². The van der Waals surface area contributed by atoms with Crippen LogP contribution in [0.1, 0.15) is 72.6 Å². The van der Waals surface area contributed by atoms with E-state index in [-0.39, 0.29) is 0 Å². The summed E-state index contributed by atoms with van der Waals surface area (Å²) in [5.74, 6) is 1.85. The fourth-order valence-electron chi connectivity index (χ4n) is 4.86. The van der Waals surface area contributed by atoms with E-state index in [1.54, 1.807) is 0 Å². The molecule has 0 radical (unpaired) electrons. The maximum Gasteiger partial charge on any atom is 0.140 e. The summed E-state index contributed by atoms with van der Waals surface area (Å²) in [5.41, 5.74) is 5.50. The molecule has 1 aliphatic carbocycles. The fraction of sp³-hybridized carbons (Fsp3) is 0.609. The topological polar surface area (TPSA) is 29.3 Å². The molecule has 0 N–H and O–H groups in total. The van der Waals surface area contributed by atoms with E-state index in [9.17, 15) is 0 Å². The van der Waals surface area contributed by atoms with Crippen LogP contribution in [0, 0.1) is 6.92 Å². The average Bonchev–Trinajstić information content (AvgIpc) is 2.89. The lowest BCUT2D eigenvalue weighted by Gasteiger charge is -2.32. The van der Waals surface area contributed by atoms with Crippen molar-refractivity contribution in [2.75, 3.05) is 19.6 Å². The van der Waals surface area contributed by atoms with Crippen LogP contribution >= 0.6 is 11.6 Å². The second-order valence-electron chi connectivity index (χ2n) is 8.31. The molecule has 0 unspecified atom stereocenters. The predicted molar refractivity (Wildman–Crippen MR) is 111 cm³/mol. The first kappa shape index (κ1) is 19.0. The lowest BCUT2D eigenvalue weighted by molar-refractivity contribution is 0.208. The Hall–Kier alpha value is -1.32. The first-order valence-corrected chi connectivity index (χ1v) is 11.0. The summed E-state index contributed by atoms with van der Waals surface area (Å²) in [6.45, 7) is 5.75. The molecule has 0 bridgehead atoms. The number of halogens is 1. The number of aryl methyl sites for hydroxylation is 3. The third-order valence-corrected chi connectivity index (χ3v) is 6.66. The van der Waals surface area contributed by atoms with Crippen molar-refractivity contribution >= 4 is 11.6 Å². The van der Waals surface area contributed by atoms with Crippen LogP contribution in [0.2, 0.25) is 5.02 Å². The molecule has 2 aromatic rings. The normalized spacial score (nSPS) is 19.0. The molecule has 2 aliphatic rings. The SMILES string of the molecule is Cc1cc(Cl)ccc1C1CCN(CCCc2onc3c2CCCCC3)CC1. The summed E-state index contributed by atoms with van der Waals surface area (Å²) >= 11 is 6.11. The Bertz CT molecular complexity index is 762. The second-order valence-corrected chi connectivity index (χ2v) is 8.75. The lowest BCUT2D eigenvalue weighted by Crippen LogP contribution is -2.34. The number of fused-ring (bicyclic) bond motifs is 1. The monoisotopic (exact) mass is 386 g/mol. The molecular weight excluding hydrogens is 356 g/mol. The van der Waals surface area contributed by atoms with Crippen molar-refractivity contribution in [1.82, 2.24) is 10.1 Å². The van der Waals surface area contributed by atoms with Gasteiger partial charge >= 0.3 is 0 Å². The molecule has 1 fully saturated rings. The maximum absolute atomic E-state index is 6.11. The molecule has 0 amide bonds. The highest BCUT2D eigenvalue weighted by molar-refractivity contribution is 6.30. The van der Waals surface area contributed by atoms with E-state index >= 15 is 0 Å². The van der Waals surface area contributed by atoms with E-state index in [0.717, 1.165) is 17.9 Å². The second kappa shape index (κ2) is 8.79. The molecule has 0 saturated carbocycles. The molecule has 0 atom stereocenters. The molecule has 1 aromatic heterocycles. The van der Waals surface area contributed by atoms with Crippen LogP contribution in [0.3, 0.4) is 0 Å². The lowest BCUT2D eigenvalue weighted by atomic mass is 9.87. The Kier molecular flexibility index (Phi) is 6.19. The summed E-state index contributed by atoms with van der Waals surface area (Å²) in [4.78, 5) is 2.62. The number of hydrogen-bond donors (Lipinski definition) is 0. The van der Waals surface area contributed by atoms with E-state index < -0.39 is 0 Å². The smallest absolute Gasteiger partial charge is 0.140 e. The van der Waals surface area contributed by atoms with Crippen LogP contribution in [0.5, 0.6) is 0 Å². The summed E-state index contributed by atoms with van der Waals surface area (Å²) in [6, 6.07) is 6.37. The van der Waals surface area contributed by atoms with Gasteiger partial charge in [-0.1, -0.05) is 29.2 Å². The number of likely N-dealkylation sites (tertiary alicyclic amines) is 1. The molecule has 1 aromatic carbocycles. The Morgan fingerprint density at radius 3 is 2.78 bits per heavy atom. The summed E-state index contributed by atoms with van der Waals surface area (Å²) in [6.07, 6.45) is 10.9. The Morgan fingerprint density at radius 2 is 1.96 bits per heavy atom. The minimum absolute atomic E-state index is 0.684. The third-order valence-electron chi connectivity index (χ3n) is 6.43.